The van der Waals surface area contributed by atoms with Gasteiger partial charge in [0.15, 0.2) is 0 Å². The van der Waals surface area contributed by atoms with Crippen molar-refractivity contribution in [3.63, 3.8) is 0 Å². The minimum absolute atomic E-state index is 0. The molecule has 0 rings (SSSR count). The molecule has 0 spiro atoms. The second-order valence-electron chi connectivity index (χ2n) is 1.81. The van der Waals surface area contributed by atoms with E-state index >= 15 is 0 Å². The van der Waals surface area contributed by atoms with Gasteiger partial charge < -0.3 is 0 Å². The van der Waals surface area contributed by atoms with Crippen molar-refractivity contribution in [2.75, 3.05) is 14.1 Å². The van der Waals surface area contributed by atoms with Crippen LogP contribution in [0, 0.1) is 6.20 Å². The largest absolute Gasteiger partial charge is 0 e. The topological polar surface area (TPSA) is 3.24 Å². The molecule has 64 valence electrons. The van der Waals surface area contributed by atoms with Gasteiger partial charge in [0.2, 0.25) is 0 Å². The summed E-state index contributed by atoms with van der Waals surface area (Å²) in [7, 11) is 3.95. The Hall–Kier alpha value is 1.34. The molecule has 0 amide bonds. The zero-order valence-corrected chi connectivity index (χ0v) is 15.6. The number of hydrogen-bond donors (Lipinski definition) is 0. The van der Waals surface area contributed by atoms with Gasteiger partial charge in [-0.1, -0.05) is 0 Å². The number of hydrogen-bond acceptors (Lipinski definition) is 1. The van der Waals surface area contributed by atoms with E-state index in [-0.39, 0.29) is 21.1 Å². The molecule has 0 radical (unpaired) electrons. The van der Waals surface area contributed by atoms with Crippen molar-refractivity contribution >= 4 is 9.30 Å². The summed E-state index contributed by atoms with van der Waals surface area (Å²) in [5.41, 5.74) is 1.21. The van der Waals surface area contributed by atoms with E-state index in [0.717, 1.165) is 19.4 Å². The van der Waals surface area contributed by atoms with E-state index in [2.05, 4.69) is 15.5 Å². The van der Waals surface area contributed by atoms with Gasteiger partial charge in [-0.3, -0.25) is 0 Å². The van der Waals surface area contributed by atoms with Gasteiger partial charge in [0, 0.05) is 21.1 Å². The van der Waals surface area contributed by atoms with Crippen LogP contribution in [0.4, 0.5) is 0 Å². The van der Waals surface area contributed by atoms with Crippen molar-refractivity contribution in [2.24, 2.45) is 0 Å². The Morgan fingerprint density at radius 3 is 1.91 bits per heavy atom. The van der Waals surface area contributed by atoms with Crippen LogP contribution >= 0.6 is 0 Å². The molecule has 0 N–H and O–H groups in total. The minimum Gasteiger partial charge on any atom is 0 e. The Morgan fingerprint density at radius 1 is 1.45 bits per heavy atom. The molecule has 0 aliphatic carbocycles. The molecule has 0 aromatic rings. The van der Waals surface area contributed by atoms with Crippen LogP contribution in [0.3, 0.4) is 0 Å². The molecule has 0 saturated carbocycles. The fourth-order valence-corrected chi connectivity index (χ4v) is 0.568. The average Bonchev–Trinajstić information content (AvgIpc) is 1.91. The third kappa shape index (κ3) is 18.4. The van der Waals surface area contributed by atoms with E-state index in [4.69, 9.17) is 0 Å². The first-order valence-electron chi connectivity index (χ1n) is 2.63. The summed E-state index contributed by atoms with van der Waals surface area (Å²) in [4.78, 5) is 6.51. The Kier molecular flexibility index (Phi) is 23.0. The van der Waals surface area contributed by atoms with Crippen LogP contribution in [-0.4, -0.2) is 28.3 Å². The fourth-order valence-electron chi connectivity index (χ4n) is 0.379. The first-order chi connectivity index (χ1) is 4.66. The summed E-state index contributed by atoms with van der Waals surface area (Å²) in [6.07, 6.45) is 3.11. The van der Waals surface area contributed by atoms with Gasteiger partial charge in [-0.05, 0) is 0 Å². The SMILES string of the molecule is CC(=[C-]N(C)C)[CH]=[W].[CH-]=[W].[W]. The summed E-state index contributed by atoms with van der Waals surface area (Å²) < 4.78 is 2.11. The van der Waals surface area contributed by atoms with E-state index in [1.165, 1.54) is 24.9 Å². The van der Waals surface area contributed by atoms with Crippen LogP contribution in [0.5, 0.6) is 0 Å². The predicted molar refractivity (Wildman–Crippen MR) is 38.2 cm³/mol. The van der Waals surface area contributed by atoms with Crippen LogP contribution < -0.4 is 0 Å². The van der Waals surface area contributed by atoms with E-state index in [1.54, 1.807) is 0 Å². The number of nitrogens with zero attached hydrogens (tertiary/aromatic N) is 1. The quantitative estimate of drug-likeness (QED) is 0.308. The zero-order chi connectivity index (χ0) is 8.57. The van der Waals surface area contributed by atoms with Crippen LogP contribution in [0.1, 0.15) is 6.92 Å². The molecular weight excluding hydrogens is 650 g/mol. The molecule has 0 aromatic carbocycles. The van der Waals surface area contributed by atoms with Gasteiger partial charge in [-0.2, -0.15) is 0 Å². The van der Waals surface area contributed by atoms with Crippen LogP contribution in [-0.2, 0) is 59.8 Å². The molecule has 0 aliphatic heterocycles. The molecule has 0 bridgehead atoms. The Labute approximate surface area is 106 Å². The molecule has 0 aromatic heterocycles. The van der Waals surface area contributed by atoms with E-state index < -0.39 is 0 Å². The fraction of sp³-hybridized carbons (Fsp3) is 0.429. The standard InChI is InChI=1S/C6H10N.CH.3W/c1-6(2)5-7(3)4;;;;/h1H,2-4H3;1H;;;/q2*-1;;;. The maximum Gasteiger partial charge on any atom is 0 e. The second-order valence-corrected chi connectivity index (χ2v) is 2.65. The average molecular weight is 661 g/mol. The van der Waals surface area contributed by atoms with Gasteiger partial charge in [0.25, 0.3) is 0 Å². The molecule has 0 unspecified atom stereocenters. The normalized spacial score (nSPS) is 8.45. The first kappa shape index (κ1) is 18.2. The summed E-state index contributed by atoms with van der Waals surface area (Å²) in [5, 5.41) is 0. The number of rotatable bonds is 2. The molecular formula is C7H11NW3-2. The second kappa shape index (κ2) is 13.9. The zero-order valence-electron chi connectivity index (χ0n) is 6.83. The van der Waals surface area contributed by atoms with Crippen molar-refractivity contribution in [1.29, 1.82) is 0 Å². The monoisotopic (exact) mass is 661 g/mol. The van der Waals surface area contributed by atoms with Gasteiger partial charge in [-0.25, -0.2) is 0 Å². The van der Waals surface area contributed by atoms with Gasteiger partial charge >= 0.3 is 85.7 Å². The van der Waals surface area contributed by atoms with Gasteiger partial charge in [0.05, 0.1) is 0 Å². The third-order valence-electron chi connectivity index (χ3n) is 0.577. The van der Waals surface area contributed by atoms with Crippen molar-refractivity contribution in [1.82, 2.24) is 4.90 Å². The Morgan fingerprint density at radius 2 is 1.82 bits per heavy atom. The smallest absolute Gasteiger partial charge is 0 e. The number of allylic oxidation sites excluding steroid dienone is 1. The predicted octanol–water partition coefficient (Wildman–Crippen LogP) is 0.444. The molecule has 0 atom stereocenters. The third-order valence-corrected chi connectivity index (χ3v) is 1.85. The maximum atomic E-state index is 4.58. The molecule has 0 fully saturated rings. The van der Waals surface area contributed by atoms with Crippen molar-refractivity contribution in [3.05, 3.63) is 11.8 Å². The molecule has 1 nitrogen and oxygen atoms in total. The van der Waals surface area contributed by atoms with Gasteiger partial charge in [-0.15, -0.1) is 0 Å². The molecule has 0 saturated heterocycles. The first-order valence-corrected chi connectivity index (χ1v) is 6.02. The molecule has 4 heteroatoms. The molecule has 11 heavy (non-hydrogen) atoms. The Bertz CT molecular complexity index is 121. The molecule has 0 heterocycles. The van der Waals surface area contributed by atoms with E-state index in [0.29, 0.717) is 0 Å². The van der Waals surface area contributed by atoms with E-state index in [9.17, 15) is 0 Å². The van der Waals surface area contributed by atoms with Crippen LogP contribution in [0.25, 0.3) is 0 Å². The van der Waals surface area contributed by atoms with E-state index in [1.807, 2.05) is 25.9 Å². The van der Waals surface area contributed by atoms with Crippen molar-refractivity contribution in [2.45, 2.75) is 6.92 Å². The van der Waals surface area contributed by atoms with Crippen molar-refractivity contribution < 1.29 is 59.8 Å². The maximum absolute atomic E-state index is 4.58. The van der Waals surface area contributed by atoms with Gasteiger partial charge in [0.1, 0.15) is 0 Å². The van der Waals surface area contributed by atoms with Crippen LogP contribution in [0.15, 0.2) is 5.57 Å². The summed E-state index contributed by atoms with van der Waals surface area (Å²) in [6.45, 7) is 2.05. The summed E-state index contributed by atoms with van der Waals surface area (Å²) >= 11 is 2.56. The van der Waals surface area contributed by atoms with Crippen LogP contribution in [0.2, 0.25) is 0 Å². The Balaban J connectivity index is -0.000000196. The minimum atomic E-state index is 0. The molecule has 0 aliphatic rings. The summed E-state index contributed by atoms with van der Waals surface area (Å²) in [6, 6.07) is 0. The summed E-state index contributed by atoms with van der Waals surface area (Å²) in [5.74, 6) is 0. The van der Waals surface area contributed by atoms with Crippen molar-refractivity contribution in [3.8, 4) is 0 Å².